The van der Waals surface area contributed by atoms with Gasteiger partial charge < -0.3 is 10.6 Å². The molecule has 0 fully saturated rings. The first-order valence-electron chi connectivity index (χ1n) is 10.3. The number of benzene rings is 1. The summed E-state index contributed by atoms with van der Waals surface area (Å²) in [6.45, 7) is 8.37. The monoisotopic (exact) mass is 418 g/mol. The number of halogens is 1. The quantitative estimate of drug-likeness (QED) is 0.653. The normalized spacial score (nSPS) is 12.2. The minimum Gasteiger partial charge on any atom is -0.383 e. The van der Waals surface area contributed by atoms with Gasteiger partial charge in [0.2, 0.25) is 5.91 Å². The molecule has 1 unspecified atom stereocenters. The van der Waals surface area contributed by atoms with Crippen molar-refractivity contribution in [3.05, 3.63) is 56.5 Å². The van der Waals surface area contributed by atoms with Gasteiger partial charge in [0.1, 0.15) is 11.6 Å². The van der Waals surface area contributed by atoms with Crippen LogP contribution in [0.1, 0.15) is 58.4 Å². The smallest absolute Gasteiger partial charge is 0.330 e. The Bertz CT molecular complexity index is 979. The molecule has 1 aromatic heterocycles. The number of hydrogen-bond acceptors (Lipinski definition) is 4. The molecule has 164 valence electrons. The Kier molecular flexibility index (Phi) is 7.97. The Balaban J connectivity index is 2.41. The number of carbonyl (C=O) groups is 1. The van der Waals surface area contributed by atoms with Crippen LogP contribution >= 0.6 is 0 Å². The summed E-state index contributed by atoms with van der Waals surface area (Å²) >= 11 is 0. The molecule has 0 aliphatic carbocycles. The molecule has 0 spiro atoms. The molecule has 1 heterocycles. The SMILES string of the molecule is CCCCn1c(N)c(N(CC(C)C)C(=O)CC(C)c2ccc(F)cc2)c(=O)[nH]c1=O. The molecule has 0 bridgehead atoms. The Morgan fingerprint density at radius 1 is 1.20 bits per heavy atom. The maximum atomic E-state index is 13.2. The number of unbranched alkanes of at least 4 members (excludes halogenated alkanes) is 1. The van der Waals surface area contributed by atoms with E-state index in [1.807, 2.05) is 27.7 Å². The molecule has 0 aliphatic rings. The van der Waals surface area contributed by atoms with Crippen molar-refractivity contribution in [1.82, 2.24) is 9.55 Å². The van der Waals surface area contributed by atoms with Crippen molar-refractivity contribution < 1.29 is 9.18 Å². The summed E-state index contributed by atoms with van der Waals surface area (Å²) in [5.74, 6) is -0.727. The first kappa shape index (κ1) is 23.4. The molecule has 2 aromatic rings. The lowest BCUT2D eigenvalue weighted by molar-refractivity contribution is -0.119. The minimum atomic E-state index is -0.673. The van der Waals surface area contributed by atoms with Crippen LogP contribution in [0.5, 0.6) is 0 Å². The number of nitrogens with zero attached hydrogens (tertiary/aromatic N) is 2. The number of nitrogens with two attached hydrogens (primary N) is 1. The summed E-state index contributed by atoms with van der Waals surface area (Å²) in [6.07, 6.45) is 1.69. The van der Waals surface area contributed by atoms with E-state index in [2.05, 4.69) is 4.98 Å². The van der Waals surface area contributed by atoms with E-state index in [9.17, 15) is 18.8 Å². The van der Waals surface area contributed by atoms with E-state index >= 15 is 0 Å². The molecule has 0 saturated carbocycles. The summed E-state index contributed by atoms with van der Waals surface area (Å²) < 4.78 is 14.5. The first-order valence-corrected chi connectivity index (χ1v) is 10.3. The predicted octanol–water partition coefficient (Wildman–Crippen LogP) is 3.24. The fourth-order valence-electron chi connectivity index (χ4n) is 3.34. The third-order valence-corrected chi connectivity index (χ3v) is 4.99. The molecular weight excluding hydrogens is 387 g/mol. The van der Waals surface area contributed by atoms with Crippen LogP contribution in [0.3, 0.4) is 0 Å². The van der Waals surface area contributed by atoms with Gasteiger partial charge in [-0.3, -0.25) is 19.1 Å². The molecule has 1 aromatic carbocycles. The number of rotatable bonds is 9. The van der Waals surface area contributed by atoms with Gasteiger partial charge in [-0.2, -0.15) is 0 Å². The van der Waals surface area contributed by atoms with Gasteiger partial charge in [-0.05, 0) is 36.0 Å². The van der Waals surface area contributed by atoms with E-state index in [1.54, 1.807) is 12.1 Å². The van der Waals surface area contributed by atoms with Crippen molar-refractivity contribution in [1.29, 1.82) is 0 Å². The van der Waals surface area contributed by atoms with Crippen LogP contribution in [0.2, 0.25) is 0 Å². The molecule has 0 aliphatic heterocycles. The number of carbonyl (C=O) groups excluding carboxylic acids is 1. The maximum absolute atomic E-state index is 13.2. The average Bonchev–Trinajstić information content (AvgIpc) is 2.67. The highest BCUT2D eigenvalue weighted by Gasteiger charge is 2.26. The Morgan fingerprint density at radius 2 is 1.83 bits per heavy atom. The highest BCUT2D eigenvalue weighted by Crippen LogP contribution is 2.24. The fraction of sp³-hybridized carbons (Fsp3) is 0.500. The number of nitrogens with one attached hydrogen (secondary N) is 1. The van der Waals surface area contributed by atoms with Crippen molar-refractivity contribution in [2.45, 2.75) is 59.4 Å². The van der Waals surface area contributed by atoms with E-state index in [1.165, 1.54) is 21.6 Å². The topological polar surface area (TPSA) is 101 Å². The molecule has 7 nitrogen and oxygen atoms in total. The summed E-state index contributed by atoms with van der Waals surface area (Å²) in [6, 6.07) is 6.00. The lowest BCUT2D eigenvalue weighted by Crippen LogP contribution is -2.43. The summed E-state index contributed by atoms with van der Waals surface area (Å²) in [5, 5.41) is 0. The zero-order valence-electron chi connectivity index (χ0n) is 18.1. The van der Waals surface area contributed by atoms with E-state index in [0.717, 1.165) is 18.4 Å². The van der Waals surface area contributed by atoms with Crippen LogP contribution in [0, 0.1) is 11.7 Å². The maximum Gasteiger partial charge on any atom is 0.330 e. The van der Waals surface area contributed by atoms with Crippen LogP contribution in [0.25, 0.3) is 0 Å². The molecule has 1 amide bonds. The summed E-state index contributed by atoms with van der Waals surface area (Å²) in [4.78, 5) is 41.7. The lowest BCUT2D eigenvalue weighted by Gasteiger charge is -2.27. The minimum absolute atomic E-state index is 0.000588. The Morgan fingerprint density at radius 3 is 2.40 bits per heavy atom. The van der Waals surface area contributed by atoms with Crippen LogP contribution < -0.4 is 21.9 Å². The van der Waals surface area contributed by atoms with Crippen LogP contribution in [-0.4, -0.2) is 22.0 Å². The van der Waals surface area contributed by atoms with Crippen molar-refractivity contribution in [2.75, 3.05) is 17.2 Å². The number of aromatic amines is 1. The van der Waals surface area contributed by atoms with Gasteiger partial charge in [0, 0.05) is 19.5 Å². The van der Waals surface area contributed by atoms with Gasteiger partial charge in [0.15, 0.2) is 5.69 Å². The van der Waals surface area contributed by atoms with Crippen molar-refractivity contribution in [2.24, 2.45) is 5.92 Å². The van der Waals surface area contributed by atoms with Crippen molar-refractivity contribution in [3.8, 4) is 0 Å². The number of aromatic nitrogens is 2. The number of amides is 1. The van der Waals surface area contributed by atoms with E-state index in [-0.39, 0.29) is 48.0 Å². The van der Waals surface area contributed by atoms with Crippen molar-refractivity contribution in [3.63, 3.8) is 0 Å². The van der Waals surface area contributed by atoms with Gasteiger partial charge in [-0.1, -0.05) is 46.2 Å². The highest BCUT2D eigenvalue weighted by atomic mass is 19.1. The highest BCUT2D eigenvalue weighted by molar-refractivity contribution is 5.96. The molecule has 8 heteroatoms. The molecule has 0 radical (unpaired) electrons. The van der Waals surface area contributed by atoms with Gasteiger partial charge >= 0.3 is 5.69 Å². The molecule has 3 N–H and O–H groups in total. The van der Waals surface area contributed by atoms with Gasteiger partial charge in [-0.15, -0.1) is 0 Å². The largest absolute Gasteiger partial charge is 0.383 e. The van der Waals surface area contributed by atoms with Crippen LogP contribution in [-0.2, 0) is 11.3 Å². The predicted molar refractivity (Wildman–Crippen MR) is 117 cm³/mol. The molecule has 0 saturated heterocycles. The first-order chi connectivity index (χ1) is 14.1. The standard InChI is InChI=1S/C22H31FN4O3/c1-5-6-11-26-20(24)19(21(29)25-22(26)30)27(13-14(2)3)18(28)12-15(4)16-7-9-17(23)10-8-16/h7-10,14-15H,5-6,11-13,24H2,1-4H3,(H,25,29,30). The second-order valence-electron chi connectivity index (χ2n) is 8.05. The second-order valence-corrected chi connectivity index (χ2v) is 8.05. The zero-order chi connectivity index (χ0) is 22.4. The summed E-state index contributed by atoms with van der Waals surface area (Å²) in [7, 11) is 0. The number of hydrogen-bond donors (Lipinski definition) is 2. The zero-order valence-corrected chi connectivity index (χ0v) is 18.1. The third-order valence-electron chi connectivity index (χ3n) is 4.99. The Hall–Kier alpha value is -2.90. The van der Waals surface area contributed by atoms with Gasteiger partial charge in [0.25, 0.3) is 5.56 Å². The number of H-pyrrole nitrogens is 1. The van der Waals surface area contributed by atoms with E-state index < -0.39 is 11.2 Å². The molecular formula is C22H31FN4O3. The second kappa shape index (κ2) is 10.2. The molecule has 2 rings (SSSR count). The molecule has 30 heavy (non-hydrogen) atoms. The molecule has 1 atom stereocenters. The van der Waals surface area contributed by atoms with Crippen molar-refractivity contribution >= 4 is 17.4 Å². The van der Waals surface area contributed by atoms with Crippen LogP contribution in [0.4, 0.5) is 15.9 Å². The summed E-state index contributed by atoms with van der Waals surface area (Å²) in [5.41, 5.74) is 5.79. The number of anilines is 2. The van der Waals surface area contributed by atoms with Crippen LogP contribution in [0.15, 0.2) is 33.9 Å². The average molecular weight is 419 g/mol. The Labute approximate surface area is 175 Å². The number of nitrogen functional groups attached to an aromatic ring is 1. The van der Waals surface area contributed by atoms with Gasteiger partial charge in [0.05, 0.1) is 0 Å². The lowest BCUT2D eigenvalue weighted by atomic mass is 9.97. The van der Waals surface area contributed by atoms with E-state index in [0.29, 0.717) is 6.54 Å². The third kappa shape index (κ3) is 5.58. The fourth-order valence-corrected chi connectivity index (χ4v) is 3.34. The van der Waals surface area contributed by atoms with E-state index in [4.69, 9.17) is 5.73 Å². The van der Waals surface area contributed by atoms with Gasteiger partial charge in [-0.25, -0.2) is 9.18 Å².